The molecule has 1 unspecified atom stereocenters. The van der Waals surface area contributed by atoms with Crippen LogP contribution in [0.25, 0.3) is 0 Å². The van der Waals surface area contributed by atoms with E-state index in [1.54, 1.807) is 18.2 Å². The minimum atomic E-state index is 0.155. The maximum absolute atomic E-state index is 11.7. The maximum atomic E-state index is 11.7. The van der Waals surface area contributed by atoms with Gasteiger partial charge in [0.25, 0.3) is 0 Å². The van der Waals surface area contributed by atoms with Crippen molar-refractivity contribution in [2.24, 2.45) is 5.73 Å². The van der Waals surface area contributed by atoms with Crippen LogP contribution in [0.15, 0.2) is 18.2 Å². The van der Waals surface area contributed by atoms with Crippen molar-refractivity contribution in [3.05, 3.63) is 33.8 Å². The molecule has 0 aliphatic heterocycles. The first kappa shape index (κ1) is 14.5. The fourth-order valence-electron chi connectivity index (χ4n) is 1.59. The molecular formula is C13H17Cl2NO. The summed E-state index contributed by atoms with van der Waals surface area (Å²) in [5, 5.41) is 1.14. The zero-order chi connectivity index (χ0) is 12.8. The Hall–Kier alpha value is -0.570. The Morgan fingerprint density at radius 1 is 1.41 bits per heavy atom. The minimum Gasteiger partial charge on any atom is -0.328 e. The van der Waals surface area contributed by atoms with Crippen molar-refractivity contribution in [3.8, 4) is 0 Å². The molecule has 1 aromatic carbocycles. The van der Waals surface area contributed by atoms with Gasteiger partial charge in [-0.25, -0.2) is 0 Å². The Morgan fingerprint density at radius 3 is 2.71 bits per heavy atom. The van der Waals surface area contributed by atoms with Gasteiger partial charge in [-0.1, -0.05) is 29.3 Å². The molecule has 0 heterocycles. The quantitative estimate of drug-likeness (QED) is 0.860. The molecule has 1 aromatic rings. The van der Waals surface area contributed by atoms with E-state index in [1.165, 1.54) is 0 Å². The number of rotatable bonds is 6. The molecule has 0 amide bonds. The highest BCUT2D eigenvalue weighted by Gasteiger charge is 2.08. The fraction of sp³-hybridized carbons (Fsp3) is 0.462. The fourth-order valence-corrected chi connectivity index (χ4v) is 2.06. The normalized spacial score (nSPS) is 12.5. The highest BCUT2D eigenvalue weighted by atomic mass is 35.5. The summed E-state index contributed by atoms with van der Waals surface area (Å²) in [4.78, 5) is 11.7. The van der Waals surface area contributed by atoms with Gasteiger partial charge in [0.15, 0.2) is 0 Å². The number of nitrogens with two attached hydrogens (primary N) is 1. The summed E-state index contributed by atoms with van der Waals surface area (Å²) < 4.78 is 0. The van der Waals surface area contributed by atoms with Crippen LogP contribution in [-0.4, -0.2) is 11.8 Å². The molecule has 0 saturated carbocycles. The summed E-state index contributed by atoms with van der Waals surface area (Å²) in [6.45, 7) is 1.94. The SMILES string of the molecule is CC(N)CCCC(=O)Cc1ccc(Cl)cc1Cl. The van der Waals surface area contributed by atoms with E-state index < -0.39 is 0 Å². The summed E-state index contributed by atoms with van der Waals surface area (Å²) in [5.41, 5.74) is 6.46. The molecule has 0 fully saturated rings. The topological polar surface area (TPSA) is 43.1 Å². The van der Waals surface area contributed by atoms with Gasteiger partial charge in [-0.2, -0.15) is 0 Å². The highest BCUT2D eigenvalue weighted by molar-refractivity contribution is 6.35. The lowest BCUT2D eigenvalue weighted by atomic mass is 10.0. The first-order chi connectivity index (χ1) is 7.99. The van der Waals surface area contributed by atoms with Crippen molar-refractivity contribution in [3.63, 3.8) is 0 Å². The molecule has 1 atom stereocenters. The minimum absolute atomic E-state index is 0.155. The predicted molar refractivity (Wildman–Crippen MR) is 72.7 cm³/mol. The molecule has 0 bridgehead atoms. The molecule has 0 aromatic heterocycles. The maximum Gasteiger partial charge on any atom is 0.137 e. The Kier molecular flexibility index (Phi) is 5.96. The number of carbonyl (C=O) groups excluding carboxylic acids is 1. The Labute approximate surface area is 112 Å². The van der Waals surface area contributed by atoms with Gasteiger partial charge < -0.3 is 5.73 Å². The summed E-state index contributed by atoms with van der Waals surface area (Å²) in [6.07, 6.45) is 2.64. The molecule has 4 heteroatoms. The van der Waals surface area contributed by atoms with E-state index >= 15 is 0 Å². The van der Waals surface area contributed by atoms with Gasteiger partial charge in [-0.15, -0.1) is 0 Å². The molecular weight excluding hydrogens is 257 g/mol. The molecule has 2 N–H and O–H groups in total. The van der Waals surface area contributed by atoms with Gasteiger partial charge in [0.05, 0.1) is 0 Å². The summed E-state index contributed by atoms with van der Waals surface area (Å²) in [5.74, 6) is 0.190. The van der Waals surface area contributed by atoms with Crippen molar-refractivity contribution in [1.29, 1.82) is 0 Å². The highest BCUT2D eigenvalue weighted by Crippen LogP contribution is 2.22. The van der Waals surface area contributed by atoms with Crippen LogP contribution in [-0.2, 0) is 11.2 Å². The second-order valence-corrected chi connectivity index (χ2v) is 5.16. The van der Waals surface area contributed by atoms with Crippen LogP contribution in [0.5, 0.6) is 0 Å². The lowest BCUT2D eigenvalue weighted by Crippen LogP contribution is -2.15. The summed E-state index contributed by atoms with van der Waals surface area (Å²) in [6, 6.07) is 5.36. The van der Waals surface area contributed by atoms with Crippen LogP contribution in [0.1, 0.15) is 31.7 Å². The van der Waals surface area contributed by atoms with Crippen molar-refractivity contribution >= 4 is 29.0 Å². The number of carbonyl (C=O) groups is 1. The van der Waals surface area contributed by atoms with E-state index in [0.29, 0.717) is 22.9 Å². The van der Waals surface area contributed by atoms with Gasteiger partial charge in [-0.3, -0.25) is 4.79 Å². The second kappa shape index (κ2) is 7.00. The van der Waals surface area contributed by atoms with E-state index in [9.17, 15) is 4.79 Å². The average Bonchev–Trinajstić information content (AvgIpc) is 2.21. The van der Waals surface area contributed by atoms with E-state index in [4.69, 9.17) is 28.9 Å². The molecule has 0 spiro atoms. The van der Waals surface area contributed by atoms with Crippen LogP contribution >= 0.6 is 23.2 Å². The van der Waals surface area contributed by atoms with Crippen molar-refractivity contribution < 1.29 is 4.79 Å². The van der Waals surface area contributed by atoms with E-state index in [2.05, 4.69) is 0 Å². The smallest absolute Gasteiger partial charge is 0.137 e. The molecule has 1 rings (SSSR count). The summed E-state index contributed by atoms with van der Waals surface area (Å²) in [7, 11) is 0. The van der Waals surface area contributed by atoms with Crippen LogP contribution in [0.2, 0.25) is 10.0 Å². The first-order valence-electron chi connectivity index (χ1n) is 5.70. The van der Waals surface area contributed by atoms with Crippen LogP contribution in [0, 0.1) is 0 Å². The Bertz CT molecular complexity index is 391. The molecule has 0 radical (unpaired) electrons. The monoisotopic (exact) mass is 273 g/mol. The number of hydrogen-bond acceptors (Lipinski definition) is 2. The van der Waals surface area contributed by atoms with Gasteiger partial charge in [0, 0.05) is 28.9 Å². The molecule has 0 aliphatic rings. The first-order valence-corrected chi connectivity index (χ1v) is 6.46. The number of halogens is 2. The number of Topliss-reactive ketones (excluding diaryl/α,β-unsaturated/α-hetero) is 1. The van der Waals surface area contributed by atoms with Crippen LogP contribution < -0.4 is 5.73 Å². The molecule has 94 valence electrons. The third kappa shape index (κ3) is 5.53. The largest absolute Gasteiger partial charge is 0.328 e. The summed E-state index contributed by atoms with van der Waals surface area (Å²) >= 11 is 11.8. The lowest BCUT2D eigenvalue weighted by molar-refractivity contribution is -0.118. The zero-order valence-corrected chi connectivity index (χ0v) is 11.4. The van der Waals surface area contributed by atoms with Crippen molar-refractivity contribution in [1.82, 2.24) is 0 Å². The number of ketones is 1. The Morgan fingerprint density at radius 2 is 2.12 bits per heavy atom. The molecule has 0 aliphatic carbocycles. The average molecular weight is 274 g/mol. The number of hydrogen-bond donors (Lipinski definition) is 1. The van der Waals surface area contributed by atoms with E-state index in [-0.39, 0.29) is 11.8 Å². The molecule has 2 nitrogen and oxygen atoms in total. The zero-order valence-electron chi connectivity index (χ0n) is 9.88. The Balaban J connectivity index is 2.45. The van der Waals surface area contributed by atoms with Gasteiger partial charge in [0.2, 0.25) is 0 Å². The third-order valence-corrected chi connectivity index (χ3v) is 3.10. The van der Waals surface area contributed by atoms with Crippen molar-refractivity contribution in [2.75, 3.05) is 0 Å². The molecule has 0 saturated heterocycles. The standard InChI is InChI=1S/C13H17Cl2NO/c1-9(16)3-2-4-12(17)7-10-5-6-11(14)8-13(10)15/h5-6,8-9H,2-4,7,16H2,1H3. The lowest BCUT2D eigenvalue weighted by Gasteiger charge is -2.06. The van der Waals surface area contributed by atoms with Gasteiger partial charge >= 0.3 is 0 Å². The van der Waals surface area contributed by atoms with Crippen LogP contribution in [0.3, 0.4) is 0 Å². The van der Waals surface area contributed by atoms with E-state index in [1.807, 2.05) is 6.92 Å². The third-order valence-electron chi connectivity index (χ3n) is 2.52. The molecule has 17 heavy (non-hydrogen) atoms. The van der Waals surface area contributed by atoms with Gasteiger partial charge in [0.1, 0.15) is 5.78 Å². The van der Waals surface area contributed by atoms with Crippen LogP contribution in [0.4, 0.5) is 0 Å². The second-order valence-electron chi connectivity index (χ2n) is 4.32. The number of benzene rings is 1. The van der Waals surface area contributed by atoms with Gasteiger partial charge in [-0.05, 0) is 37.5 Å². The van der Waals surface area contributed by atoms with E-state index in [0.717, 1.165) is 18.4 Å². The predicted octanol–water partition coefficient (Wildman–Crippen LogP) is 3.62. The van der Waals surface area contributed by atoms with Crippen molar-refractivity contribution in [2.45, 2.75) is 38.6 Å².